The van der Waals surface area contributed by atoms with E-state index in [-0.39, 0.29) is 29.3 Å². The fourth-order valence-electron chi connectivity index (χ4n) is 2.40. The zero-order valence-corrected chi connectivity index (χ0v) is 15.9. The van der Waals surface area contributed by atoms with Crippen molar-refractivity contribution in [3.63, 3.8) is 0 Å². The second kappa shape index (κ2) is 9.27. The number of benzene rings is 2. The van der Waals surface area contributed by atoms with E-state index in [9.17, 15) is 26.7 Å². The fraction of sp³-hybridized carbons (Fsp3) is 0.316. The van der Waals surface area contributed by atoms with E-state index in [4.69, 9.17) is 4.74 Å². The molecular formula is C19H18F5NO2S. The van der Waals surface area contributed by atoms with Gasteiger partial charge >= 0.3 is 12.1 Å². The number of carbonyl (C=O) groups is 1. The zero-order chi connectivity index (χ0) is 20.9. The molecule has 152 valence electrons. The zero-order valence-electron chi connectivity index (χ0n) is 15.1. The van der Waals surface area contributed by atoms with Crippen LogP contribution in [0.5, 0.6) is 0 Å². The topological polar surface area (TPSA) is 38.3 Å². The van der Waals surface area contributed by atoms with Crippen molar-refractivity contribution in [3.8, 4) is 0 Å². The Bertz CT molecular complexity index is 855. The molecular weight excluding hydrogens is 401 g/mol. The van der Waals surface area contributed by atoms with E-state index in [0.29, 0.717) is 22.9 Å². The number of alkyl halides is 3. The molecule has 1 N–H and O–H groups in total. The van der Waals surface area contributed by atoms with E-state index < -0.39 is 29.5 Å². The van der Waals surface area contributed by atoms with E-state index in [1.807, 2.05) is 0 Å². The quantitative estimate of drug-likeness (QED) is 0.354. The monoisotopic (exact) mass is 419 g/mol. The standard InChI is InChI=1S/C19H18F5NO2S/c1-3-27-18(26)14-7-13(20)5-4-12(14)9-25-16-8-17(11(2)6-15(16)21)28-10-19(22,23)24/h4-8,25H,3,9-10H2,1-2H3. The van der Waals surface area contributed by atoms with Gasteiger partial charge in [-0.1, -0.05) is 6.07 Å². The van der Waals surface area contributed by atoms with Crippen LogP contribution in [-0.2, 0) is 11.3 Å². The molecule has 2 aromatic rings. The van der Waals surface area contributed by atoms with Crippen molar-refractivity contribution in [2.24, 2.45) is 0 Å². The lowest BCUT2D eigenvalue weighted by Gasteiger charge is -2.14. The maximum absolute atomic E-state index is 14.2. The van der Waals surface area contributed by atoms with E-state index in [2.05, 4.69) is 5.32 Å². The van der Waals surface area contributed by atoms with Crippen molar-refractivity contribution in [2.45, 2.75) is 31.5 Å². The molecule has 0 radical (unpaired) electrons. The van der Waals surface area contributed by atoms with Crippen LogP contribution in [0.1, 0.15) is 28.4 Å². The van der Waals surface area contributed by atoms with Crippen LogP contribution in [0, 0.1) is 18.6 Å². The maximum atomic E-state index is 14.2. The SMILES string of the molecule is CCOC(=O)c1cc(F)ccc1CNc1cc(SCC(F)(F)F)c(C)cc1F. The van der Waals surface area contributed by atoms with Crippen molar-refractivity contribution in [1.29, 1.82) is 0 Å². The molecule has 0 saturated heterocycles. The fourth-order valence-corrected chi connectivity index (χ4v) is 3.20. The first-order valence-electron chi connectivity index (χ1n) is 8.30. The highest BCUT2D eigenvalue weighted by molar-refractivity contribution is 7.99. The second-order valence-corrected chi connectivity index (χ2v) is 6.89. The van der Waals surface area contributed by atoms with E-state index in [0.717, 1.165) is 18.2 Å². The summed E-state index contributed by atoms with van der Waals surface area (Å²) in [5.74, 6) is -3.08. The van der Waals surface area contributed by atoms with Gasteiger partial charge in [0.05, 0.1) is 23.6 Å². The number of hydrogen-bond donors (Lipinski definition) is 1. The lowest BCUT2D eigenvalue weighted by Crippen LogP contribution is -2.12. The minimum atomic E-state index is -4.35. The van der Waals surface area contributed by atoms with Gasteiger partial charge in [-0.3, -0.25) is 0 Å². The average molecular weight is 419 g/mol. The van der Waals surface area contributed by atoms with Gasteiger partial charge in [0.2, 0.25) is 0 Å². The summed E-state index contributed by atoms with van der Waals surface area (Å²) in [5, 5.41) is 2.75. The summed E-state index contributed by atoms with van der Waals surface area (Å²) in [5.41, 5.74) is 0.721. The second-order valence-electron chi connectivity index (χ2n) is 5.88. The molecule has 0 aliphatic carbocycles. The molecule has 0 bridgehead atoms. The van der Waals surface area contributed by atoms with E-state index in [1.54, 1.807) is 6.92 Å². The van der Waals surface area contributed by atoms with E-state index in [1.165, 1.54) is 19.1 Å². The Morgan fingerprint density at radius 2 is 1.89 bits per heavy atom. The van der Waals surface area contributed by atoms with Crippen LogP contribution < -0.4 is 5.32 Å². The maximum Gasteiger partial charge on any atom is 0.398 e. The summed E-state index contributed by atoms with van der Waals surface area (Å²) in [6.45, 7) is 3.19. The average Bonchev–Trinajstić information content (AvgIpc) is 2.60. The molecule has 3 nitrogen and oxygen atoms in total. The molecule has 2 rings (SSSR count). The molecule has 0 atom stereocenters. The molecule has 0 aliphatic rings. The van der Waals surface area contributed by atoms with E-state index >= 15 is 0 Å². The number of halogens is 5. The third kappa shape index (κ3) is 6.12. The molecule has 9 heteroatoms. The summed E-state index contributed by atoms with van der Waals surface area (Å²) in [6.07, 6.45) is -4.35. The Morgan fingerprint density at radius 1 is 1.18 bits per heavy atom. The number of aryl methyl sites for hydroxylation is 1. The molecule has 28 heavy (non-hydrogen) atoms. The van der Waals surface area contributed by atoms with Crippen LogP contribution in [0.3, 0.4) is 0 Å². The first kappa shape index (κ1) is 22.0. The highest BCUT2D eigenvalue weighted by atomic mass is 32.2. The lowest BCUT2D eigenvalue weighted by atomic mass is 10.1. The molecule has 0 unspecified atom stereocenters. The van der Waals surface area contributed by atoms with Crippen molar-refractivity contribution < 1.29 is 31.5 Å². The van der Waals surface area contributed by atoms with Gasteiger partial charge in [0.15, 0.2) is 0 Å². The Labute approximate surface area is 163 Å². The van der Waals surface area contributed by atoms with Gasteiger partial charge in [0.1, 0.15) is 11.6 Å². The molecule has 2 aromatic carbocycles. The summed E-state index contributed by atoms with van der Waals surface area (Å²) in [6, 6.07) is 5.95. The lowest BCUT2D eigenvalue weighted by molar-refractivity contribution is -0.105. The smallest absolute Gasteiger partial charge is 0.398 e. The summed E-state index contributed by atoms with van der Waals surface area (Å²) in [7, 11) is 0. The highest BCUT2D eigenvalue weighted by Gasteiger charge is 2.27. The summed E-state index contributed by atoms with van der Waals surface area (Å²) >= 11 is 0.560. The number of hydrogen-bond acceptors (Lipinski definition) is 4. The van der Waals surface area contributed by atoms with Crippen LogP contribution in [0.2, 0.25) is 0 Å². The predicted molar refractivity (Wildman–Crippen MR) is 97.6 cm³/mol. The van der Waals surface area contributed by atoms with Crippen LogP contribution in [0.4, 0.5) is 27.6 Å². The predicted octanol–water partition coefficient (Wildman–Crippen LogP) is 5.72. The van der Waals surface area contributed by atoms with Crippen molar-refractivity contribution in [1.82, 2.24) is 0 Å². The first-order valence-corrected chi connectivity index (χ1v) is 9.28. The van der Waals surface area contributed by atoms with Gasteiger partial charge in [-0.25, -0.2) is 13.6 Å². The first-order chi connectivity index (χ1) is 13.1. The molecule has 0 saturated carbocycles. The minimum absolute atomic E-state index is 0.00598. The van der Waals surface area contributed by atoms with Gasteiger partial charge in [-0.05, 0) is 49.2 Å². The largest absolute Gasteiger partial charge is 0.462 e. The number of ether oxygens (including phenoxy) is 1. The Hall–Kier alpha value is -2.29. The molecule has 0 heterocycles. The normalized spacial score (nSPS) is 11.4. The summed E-state index contributed by atoms with van der Waals surface area (Å²) in [4.78, 5) is 12.3. The Morgan fingerprint density at radius 3 is 2.54 bits per heavy atom. The molecule has 0 fully saturated rings. The molecule has 0 amide bonds. The number of carbonyl (C=O) groups excluding carboxylic acids is 1. The van der Waals surface area contributed by atoms with Gasteiger partial charge in [-0.15, -0.1) is 11.8 Å². The number of rotatable bonds is 7. The van der Waals surface area contributed by atoms with Gasteiger partial charge < -0.3 is 10.1 Å². The highest BCUT2D eigenvalue weighted by Crippen LogP contribution is 2.32. The van der Waals surface area contributed by atoms with Crippen LogP contribution >= 0.6 is 11.8 Å². The number of nitrogens with one attached hydrogen (secondary N) is 1. The molecule has 0 spiro atoms. The Kier molecular flexibility index (Phi) is 7.29. The minimum Gasteiger partial charge on any atom is -0.462 e. The Balaban J connectivity index is 2.21. The van der Waals surface area contributed by atoms with Crippen LogP contribution in [0.15, 0.2) is 35.2 Å². The third-order valence-corrected chi connectivity index (χ3v) is 4.92. The van der Waals surface area contributed by atoms with Crippen LogP contribution in [0.25, 0.3) is 0 Å². The third-order valence-electron chi connectivity index (χ3n) is 3.69. The molecule has 0 aliphatic heterocycles. The number of esters is 1. The van der Waals surface area contributed by atoms with Crippen molar-refractivity contribution in [2.75, 3.05) is 17.7 Å². The molecule has 0 aromatic heterocycles. The number of anilines is 1. The van der Waals surface area contributed by atoms with Gasteiger partial charge in [0, 0.05) is 11.4 Å². The van der Waals surface area contributed by atoms with Crippen molar-refractivity contribution in [3.05, 3.63) is 58.7 Å². The van der Waals surface area contributed by atoms with Gasteiger partial charge in [-0.2, -0.15) is 13.2 Å². The van der Waals surface area contributed by atoms with Crippen LogP contribution in [-0.4, -0.2) is 24.5 Å². The van der Waals surface area contributed by atoms with Crippen molar-refractivity contribution >= 4 is 23.4 Å². The number of thioether (sulfide) groups is 1. The van der Waals surface area contributed by atoms with Gasteiger partial charge in [0.25, 0.3) is 0 Å². The summed E-state index contributed by atoms with van der Waals surface area (Å²) < 4.78 is 69.9.